The molecule has 0 spiro atoms. The van der Waals surface area contributed by atoms with Gasteiger partial charge in [-0.2, -0.15) is 0 Å². The summed E-state index contributed by atoms with van der Waals surface area (Å²) in [5.74, 6) is 0. The van der Waals surface area contributed by atoms with Crippen molar-refractivity contribution >= 4 is 0 Å². The molecule has 7 heavy (non-hydrogen) atoms. The van der Waals surface area contributed by atoms with Crippen LogP contribution in [0.3, 0.4) is 0 Å². The minimum absolute atomic E-state index is 0. The molecule has 0 radical (unpaired) electrons. The van der Waals surface area contributed by atoms with Crippen molar-refractivity contribution in [1.29, 1.82) is 0 Å². The molecule has 0 aliphatic rings. The van der Waals surface area contributed by atoms with Crippen LogP contribution >= 0.6 is 0 Å². The van der Waals surface area contributed by atoms with Crippen LogP contribution in [0.15, 0.2) is 0 Å². The van der Waals surface area contributed by atoms with Crippen LogP contribution in [0, 0.1) is 14.1 Å². The van der Waals surface area contributed by atoms with Crippen LogP contribution in [0.4, 0.5) is 0 Å². The van der Waals surface area contributed by atoms with Crippen molar-refractivity contribution in [2.75, 3.05) is 0 Å². The van der Waals surface area contributed by atoms with Gasteiger partial charge in [0.05, 0.1) is 0 Å². The standard InChI is InChI=1S/CO.3CH4.CH3.H2O/c1-2;;;;;/h;3*1H4;1H3;1H2/q;;;;+1;. The Morgan fingerprint density at radius 2 is 0.857 bits per heavy atom. The Balaban J connectivity index is -0.000000000500. The molecule has 2 N–H and O–H groups in total. The fraction of sp³-hybridized carbons (Fsp3) is 0.600. The average molecular weight is 109 g/mol. The SMILES string of the molecule is C.C.C.O.[C-]#[O+].[CH3+]. The Bertz CT molecular complexity index is 10.8. The molecule has 0 aliphatic heterocycles. The first kappa shape index (κ1) is 627. The van der Waals surface area contributed by atoms with Crippen molar-refractivity contribution in [3.8, 4) is 0 Å². The zero-order chi connectivity index (χ0) is 2.00. The Morgan fingerprint density at radius 3 is 0.857 bits per heavy atom. The van der Waals surface area contributed by atoms with E-state index < -0.39 is 0 Å². The molecule has 0 amide bonds. The van der Waals surface area contributed by atoms with Crippen LogP contribution in [0.1, 0.15) is 22.3 Å². The Kier molecular flexibility index (Phi) is 56400. The molecule has 0 unspecified atom stereocenters. The Labute approximate surface area is 47.6 Å². The molecular weight excluding hydrogens is 92.1 g/mol. The molecule has 0 aliphatic carbocycles. The van der Waals surface area contributed by atoms with Crippen LogP contribution in [-0.2, 0) is 4.65 Å². The zero-order valence-corrected chi connectivity index (χ0v) is 2.41. The van der Waals surface area contributed by atoms with Crippen molar-refractivity contribution in [1.82, 2.24) is 0 Å². The molecular formula is C5H17O2+. The summed E-state index contributed by atoms with van der Waals surface area (Å²) in [5.41, 5.74) is 0. The third-order valence-corrected chi connectivity index (χ3v) is 0. The van der Waals surface area contributed by atoms with E-state index in [1.165, 1.54) is 0 Å². The second-order valence-electron chi connectivity index (χ2n) is 0. The first-order valence-electron chi connectivity index (χ1n) is 0.204. The normalized spacial score (nSPS) is 0.286. The molecule has 0 aromatic carbocycles. The number of hydrogen-bond donors (Lipinski definition) is 0. The molecule has 0 bridgehead atoms. The second kappa shape index (κ2) is 629. The van der Waals surface area contributed by atoms with E-state index in [0.29, 0.717) is 0 Å². The van der Waals surface area contributed by atoms with E-state index in [9.17, 15) is 0 Å². The molecule has 0 aromatic heterocycles. The van der Waals surface area contributed by atoms with Gasteiger partial charge in [-0.1, -0.05) is 22.3 Å². The summed E-state index contributed by atoms with van der Waals surface area (Å²) in [7, 11) is 0. The summed E-state index contributed by atoms with van der Waals surface area (Å²) in [6.07, 6.45) is 0. The number of rotatable bonds is 0. The first-order chi connectivity index (χ1) is 1.00. The quantitative estimate of drug-likeness (QED) is 0.334. The fourth-order valence-electron chi connectivity index (χ4n) is 0. The predicted molar refractivity (Wildman–Crippen MR) is 34.2 cm³/mol. The van der Waals surface area contributed by atoms with Gasteiger partial charge in [0.2, 0.25) is 0 Å². The van der Waals surface area contributed by atoms with Crippen LogP contribution in [0.5, 0.6) is 0 Å². The molecule has 0 atom stereocenters. The van der Waals surface area contributed by atoms with Crippen molar-refractivity contribution in [2.24, 2.45) is 0 Å². The van der Waals surface area contributed by atoms with E-state index in [2.05, 4.69) is 6.65 Å². The topological polar surface area (TPSA) is 51.4 Å². The summed E-state index contributed by atoms with van der Waals surface area (Å²) in [6, 6.07) is 0. The maximum atomic E-state index is 7.50. The average Bonchev–Trinajstić information content (AvgIpc) is 1.00. The minimum atomic E-state index is 0. The molecule has 0 heterocycles. The molecule has 0 aromatic rings. The van der Waals surface area contributed by atoms with E-state index in [1.54, 1.807) is 0 Å². The molecule has 0 saturated carbocycles. The fourth-order valence-corrected chi connectivity index (χ4v) is 0. The summed E-state index contributed by atoms with van der Waals surface area (Å²) >= 11 is 0. The van der Waals surface area contributed by atoms with Crippen molar-refractivity contribution < 1.29 is 10.1 Å². The minimum Gasteiger partial charge on any atom is 0.0467 e. The Hall–Kier alpha value is -0.430. The molecule has 0 saturated heterocycles. The molecule has 2 nitrogen and oxygen atoms in total. The smallest absolute Gasteiger partial charge is 0.0467 e. The van der Waals surface area contributed by atoms with Crippen LogP contribution in [0.25, 0.3) is 0 Å². The van der Waals surface area contributed by atoms with Gasteiger partial charge in [-0.25, -0.2) is 0 Å². The van der Waals surface area contributed by atoms with Crippen molar-refractivity contribution in [2.45, 2.75) is 22.3 Å². The Morgan fingerprint density at radius 1 is 0.857 bits per heavy atom. The van der Waals surface area contributed by atoms with Gasteiger partial charge in [0.25, 0.3) is 0 Å². The largest absolute Gasteiger partial charge is 0.0467 e. The van der Waals surface area contributed by atoms with Gasteiger partial charge < -0.3 is 5.48 Å². The molecule has 2 heteroatoms. The predicted octanol–water partition coefficient (Wildman–Crippen LogP) is 1.50. The van der Waals surface area contributed by atoms with Crippen LogP contribution in [-0.4, -0.2) is 5.48 Å². The van der Waals surface area contributed by atoms with Crippen molar-refractivity contribution in [3.63, 3.8) is 0 Å². The third-order valence-electron chi connectivity index (χ3n) is 0. The van der Waals surface area contributed by atoms with Crippen LogP contribution < -0.4 is 0 Å². The molecule has 0 fully saturated rings. The van der Waals surface area contributed by atoms with Gasteiger partial charge in [-0.3, -0.25) is 0 Å². The second-order valence-corrected chi connectivity index (χ2v) is 0. The van der Waals surface area contributed by atoms with Crippen molar-refractivity contribution in [3.05, 3.63) is 14.1 Å². The van der Waals surface area contributed by atoms with E-state index in [0.717, 1.165) is 0 Å². The van der Waals surface area contributed by atoms with Gasteiger partial charge in [0.15, 0.2) is 0 Å². The zero-order valence-electron chi connectivity index (χ0n) is 2.41. The summed E-state index contributed by atoms with van der Waals surface area (Å²) in [6.45, 7) is 4.50. The maximum Gasteiger partial charge on any atom is 0.0467 e. The maximum absolute atomic E-state index is 7.50. The first-order valence-corrected chi connectivity index (χ1v) is 0.204. The summed E-state index contributed by atoms with van der Waals surface area (Å²) < 4.78 is 7.50. The van der Waals surface area contributed by atoms with Gasteiger partial charge in [0, 0.05) is 7.43 Å². The molecule has 0 rings (SSSR count). The summed E-state index contributed by atoms with van der Waals surface area (Å²) in [4.78, 5) is 0. The van der Waals surface area contributed by atoms with Gasteiger partial charge in [0.1, 0.15) is 0 Å². The van der Waals surface area contributed by atoms with Gasteiger partial charge >= 0.3 is 11.3 Å². The monoisotopic (exact) mass is 109 g/mol. The van der Waals surface area contributed by atoms with E-state index >= 15 is 0 Å². The summed E-state index contributed by atoms with van der Waals surface area (Å²) in [5, 5.41) is 0. The third kappa shape index (κ3) is 384. The van der Waals surface area contributed by atoms with E-state index in [-0.39, 0.29) is 35.2 Å². The van der Waals surface area contributed by atoms with Crippen LogP contribution in [0.2, 0.25) is 0 Å². The number of hydrogen-bond acceptors (Lipinski definition) is 0. The molecule has 48 valence electrons. The van der Waals surface area contributed by atoms with Gasteiger partial charge in [-0.15, -0.1) is 0 Å². The van der Waals surface area contributed by atoms with Gasteiger partial charge in [-0.05, 0) is 0 Å². The van der Waals surface area contributed by atoms with E-state index in [1.807, 2.05) is 0 Å². The van der Waals surface area contributed by atoms with E-state index in [4.69, 9.17) is 4.65 Å².